The highest BCUT2D eigenvalue weighted by molar-refractivity contribution is 7.99. The number of nitrogens with zero attached hydrogens (tertiary/aromatic N) is 4. The van der Waals surface area contributed by atoms with Crippen molar-refractivity contribution in [3.8, 4) is 17.2 Å². The van der Waals surface area contributed by atoms with Crippen LogP contribution in [-0.2, 0) is 18.4 Å². The van der Waals surface area contributed by atoms with E-state index in [2.05, 4.69) is 20.8 Å². The fourth-order valence-corrected chi connectivity index (χ4v) is 2.64. The van der Waals surface area contributed by atoms with Gasteiger partial charge in [0.25, 0.3) is 0 Å². The number of rotatable bonds is 8. The van der Waals surface area contributed by atoms with E-state index >= 15 is 0 Å². The van der Waals surface area contributed by atoms with E-state index in [0.29, 0.717) is 28.9 Å². The molecule has 1 amide bonds. The van der Waals surface area contributed by atoms with E-state index in [9.17, 15) is 4.79 Å². The molecule has 10 heteroatoms. The second-order valence-corrected chi connectivity index (χ2v) is 5.63. The van der Waals surface area contributed by atoms with Gasteiger partial charge in [0, 0.05) is 13.6 Å². The lowest BCUT2D eigenvalue weighted by Crippen LogP contribution is -2.24. The predicted octanol–water partition coefficient (Wildman–Crippen LogP) is 0.644. The molecule has 0 bridgehead atoms. The summed E-state index contributed by atoms with van der Waals surface area (Å²) < 4.78 is 17.4. The number of tetrazole rings is 1. The molecule has 0 atom stereocenters. The van der Waals surface area contributed by atoms with Gasteiger partial charge in [0.2, 0.25) is 16.8 Å². The summed E-state index contributed by atoms with van der Waals surface area (Å²) in [5.41, 5.74) is 0.836. The quantitative estimate of drug-likeness (QED) is 0.690. The summed E-state index contributed by atoms with van der Waals surface area (Å²) >= 11 is 1.26. The van der Waals surface area contributed by atoms with Crippen molar-refractivity contribution >= 4 is 17.7 Å². The number of hydrogen-bond acceptors (Lipinski definition) is 8. The van der Waals surface area contributed by atoms with Gasteiger partial charge < -0.3 is 19.5 Å². The molecule has 0 aliphatic heterocycles. The van der Waals surface area contributed by atoms with E-state index in [1.54, 1.807) is 40.5 Å². The Morgan fingerprint density at radius 3 is 2.38 bits per heavy atom. The van der Waals surface area contributed by atoms with E-state index < -0.39 is 0 Å². The first-order valence-electron chi connectivity index (χ1n) is 6.99. The zero-order valence-electron chi connectivity index (χ0n) is 13.9. The summed E-state index contributed by atoms with van der Waals surface area (Å²) in [6.45, 7) is 0.340. The van der Waals surface area contributed by atoms with Crippen molar-refractivity contribution in [1.29, 1.82) is 0 Å². The Morgan fingerprint density at radius 2 is 1.88 bits per heavy atom. The van der Waals surface area contributed by atoms with Gasteiger partial charge in [-0.3, -0.25) is 4.79 Å². The average molecular weight is 353 g/mol. The number of carbonyl (C=O) groups excluding carboxylic acids is 1. The minimum Gasteiger partial charge on any atom is -0.493 e. The molecule has 0 fully saturated rings. The first kappa shape index (κ1) is 17.9. The number of methoxy groups -OCH3 is 3. The summed E-state index contributed by atoms with van der Waals surface area (Å²) in [7, 11) is 6.35. The molecule has 1 aromatic carbocycles. The number of benzene rings is 1. The van der Waals surface area contributed by atoms with Gasteiger partial charge in [-0.2, -0.15) is 0 Å². The number of nitrogens with one attached hydrogen (secondary N) is 1. The number of aromatic nitrogens is 4. The molecule has 2 rings (SSSR count). The third kappa shape index (κ3) is 4.28. The van der Waals surface area contributed by atoms with E-state index in [-0.39, 0.29) is 11.7 Å². The normalized spacial score (nSPS) is 10.3. The maximum absolute atomic E-state index is 12.0. The molecular weight excluding hydrogens is 334 g/mol. The van der Waals surface area contributed by atoms with Crippen LogP contribution in [0.1, 0.15) is 5.56 Å². The summed E-state index contributed by atoms with van der Waals surface area (Å²) in [6, 6.07) is 3.59. The van der Waals surface area contributed by atoms with Crippen molar-refractivity contribution in [2.24, 2.45) is 7.05 Å². The SMILES string of the molecule is COc1cc(CNC(=O)CSc2nnnn2C)cc(OC)c1OC. The number of amides is 1. The second kappa shape index (κ2) is 8.39. The van der Waals surface area contributed by atoms with Crippen LogP contribution in [0.15, 0.2) is 17.3 Å². The Bertz CT molecular complexity index is 681. The Hall–Kier alpha value is -2.49. The molecule has 1 heterocycles. The molecule has 2 aromatic rings. The summed E-state index contributed by atoms with van der Waals surface area (Å²) in [4.78, 5) is 12.0. The lowest BCUT2D eigenvalue weighted by Gasteiger charge is -2.14. The Morgan fingerprint density at radius 1 is 1.21 bits per heavy atom. The molecule has 9 nitrogen and oxygen atoms in total. The van der Waals surface area contributed by atoms with Crippen molar-refractivity contribution in [3.63, 3.8) is 0 Å². The fraction of sp³-hybridized carbons (Fsp3) is 0.429. The van der Waals surface area contributed by atoms with E-state index in [4.69, 9.17) is 14.2 Å². The van der Waals surface area contributed by atoms with Gasteiger partial charge in [0.05, 0.1) is 27.1 Å². The van der Waals surface area contributed by atoms with Crippen molar-refractivity contribution in [2.45, 2.75) is 11.7 Å². The molecule has 0 spiro atoms. The molecular formula is C14H19N5O4S. The highest BCUT2D eigenvalue weighted by Crippen LogP contribution is 2.38. The maximum atomic E-state index is 12.0. The van der Waals surface area contributed by atoms with Crippen LogP contribution in [0, 0.1) is 0 Å². The van der Waals surface area contributed by atoms with Crippen LogP contribution in [0.3, 0.4) is 0 Å². The topological polar surface area (TPSA) is 100 Å². The second-order valence-electron chi connectivity index (χ2n) is 4.68. The smallest absolute Gasteiger partial charge is 0.230 e. The maximum Gasteiger partial charge on any atom is 0.230 e. The van der Waals surface area contributed by atoms with E-state index in [0.717, 1.165) is 5.56 Å². The molecule has 0 unspecified atom stereocenters. The van der Waals surface area contributed by atoms with Gasteiger partial charge in [-0.05, 0) is 28.1 Å². The van der Waals surface area contributed by atoms with Gasteiger partial charge in [-0.1, -0.05) is 11.8 Å². The van der Waals surface area contributed by atoms with Gasteiger partial charge in [0.1, 0.15) is 0 Å². The van der Waals surface area contributed by atoms with Crippen LogP contribution in [0.2, 0.25) is 0 Å². The number of hydrogen-bond donors (Lipinski definition) is 1. The predicted molar refractivity (Wildman–Crippen MR) is 87.5 cm³/mol. The molecule has 0 aliphatic rings. The minimum absolute atomic E-state index is 0.128. The van der Waals surface area contributed by atoms with Crippen molar-refractivity contribution in [2.75, 3.05) is 27.1 Å². The Labute approximate surface area is 143 Å². The highest BCUT2D eigenvalue weighted by Gasteiger charge is 2.14. The first-order valence-corrected chi connectivity index (χ1v) is 7.98. The van der Waals surface area contributed by atoms with Crippen molar-refractivity contribution < 1.29 is 19.0 Å². The molecule has 0 radical (unpaired) electrons. The van der Waals surface area contributed by atoms with Gasteiger partial charge >= 0.3 is 0 Å². The number of thioether (sulfide) groups is 1. The van der Waals surface area contributed by atoms with Crippen molar-refractivity contribution in [1.82, 2.24) is 25.5 Å². The van der Waals surface area contributed by atoms with Gasteiger partial charge in [-0.25, -0.2) is 4.68 Å². The monoisotopic (exact) mass is 353 g/mol. The summed E-state index contributed by atoms with van der Waals surface area (Å²) in [5, 5.41) is 14.4. The summed E-state index contributed by atoms with van der Waals surface area (Å²) in [6.07, 6.45) is 0. The minimum atomic E-state index is -0.128. The Balaban J connectivity index is 1.95. The fourth-order valence-electron chi connectivity index (χ4n) is 1.96. The molecule has 1 aromatic heterocycles. The molecule has 1 N–H and O–H groups in total. The molecule has 0 saturated heterocycles. The van der Waals surface area contributed by atoms with Crippen LogP contribution >= 0.6 is 11.8 Å². The first-order chi connectivity index (χ1) is 11.6. The molecule has 0 saturated carbocycles. The van der Waals surface area contributed by atoms with Crippen LogP contribution in [-0.4, -0.2) is 53.2 Å². The Kier molecular flexibility index (Phi) is 6.24. The standard InChI is InChI=1S/C14H19N5O4S/c1-19-14(16-17-18-19)24-8-12(20)15-7-9-5-10(21-2)13(23-4)11(6-9)22-3/h5-6H,7-8H2,1-4H3,(H,15,20). The summed E-state index contributed by atoms with van der Waals surface area (Å²) in [5.74, 6) is 1.69. The van der Waals surface area contributed by atoms with Crippen LogP contribution in [0.5, 0.6) is 17.2 Å². The number of carbonyl (C=O) groups is 1. The zero-order chi connectivity index (χ0) is 17.5. The molecule has 24 heavy (non-hydrogen) atoms. The van der Waals surface area contributed by atoms with E-state index in [1.165, 1.54) is 16.4 Å². The van der Waals surface area contributed by atoms with Crippen LogP contribution in [0.25, 0.3) is 0 Å². The third-order valence-electron chi connectivity index (χ3n) is 3.13. The molecule has 130 valence electrons. The lowest BCUT2D eigenvalue weighted by molar-refractivity contribution is -0.118. The number of ether oxygens (including phenoxy) is 3. The van der Waals surface area contributed by atoms with Gasteiger partial charge in [-0.15, -0.1) is 5.10 Å². The van der Waals surface area contributed by atoms with Crippen LogP contribution < -0.4 is 19.5 Å². The van der Waals surface area contributed by atoms with Crippen LogP contribution in [0.4, 0.5) is 0 Å². The third-order valence-corrected chi connectivity index (χ3v) is 4.14. The van der Waals surface area contributed by atoms with Gasteiger partial charge in [0.15, 0.2) is 11.5 Å². The molecule has 0 aliphatic carbocycles. The highest BCUT2D eigenvalue weighted by atomic mass is 32.2. The largest absolute Gasteiger partial charge is 0.493 e. The van der Waals surface area contributed by atoms with Crippen molar-refractivity contribution in [3.05, 3.63) is 17.7 Å². The zero-order valence-corrected chi connectivity index (χ0v) is 14.7. The van der Waals surface area contributed by atoms with E-state index in [1.807, 2.05) is 0 Å². The lowest BCUT2D eigenvalue weighted by atomic mass is 10.2. The average Bonchev–Trinajstić information content (AvgIpc) is 3.01. The number of aryl methyl sites for hydroxylation is 1.